The molecule has 1 aromatic heterocycles. The second-order valence-corrected chi connectivity index (χ2v) is 7.22. The first-order valence-electron chi connectivity index (χ1n) is 9.41. The first-order chi connectivity index (χ1) is 13.0. The highest BCUT2D eigenvalue weighted by molar-refractivity contribution is 5.74. The quantitative estimate of drug-likeness (QED) is 0.826. The average Bonchev–Trinajstić information content (AvgIpc) is 2.66. The minimum Gasteiger partial charge on any atom is -0.439 e. The van der Waals surface area contributed by atoms with Crippen molar-refractivity contribution < 1.29 is 13.9 Å². The van der Waals surface area contributed by atoms with E-state index in [0.29, 0.717) is 24.1 Å². The molecule has 1 N–H and O–H groups in total. The van der Waals surface area contributed by atoms with Crippen LogP contribution >= 0.6 is 0 Å². The molecule has 1 saturated carbocycles. The van der Waals surface area contributed by atoms with Gasteiger partial charge in [0.15, 0.2) is 0 Å². The Bertz CT molecular complexity index is 784. The maximum atomic E-state index is 13.4. The van der Waals surface area contributed by atoms with Crippen molar-refractivity contribution in [3.8, 4) is 11.6 Å². The van der Waals surface area contributed by atoms with Crippen molar-refractivity contribution in [3.63, 3.8) is 0 Å². The summed E-state index contributed by atoms with van der Waals surface area (Å²) in [5, 5.41) is 2.94. The molecule has 0 aliphatic heterocycles. The Morgan fingerprint density at radius 3 is 2.96 bits per heavy atom. The van der Waals surface area contributed by atoms with E-state index in [2.05, 4.69) is 17.2 Å². The Kier molecular flexibility index (Phi) is 6.27. The largest absolute Gasteiger partial charge is 0.439 e. The van der Waals surface area contributed by atoms with E-state index >= 15 is 0 Å². The van der Waals surface area contributed by atoms with Gasteiger partial charge in [-0.15, -0.1) is 0 Å². The van der Waals surface area contributed by atoms with Crippen LogP contribution in [-0.4, -0.2) is 29.0 Å². The molecule has 144 valence electrons. The van der Waals surface area contributed by atoms with Crippen LogP contribution in [0.1, 0.15) is 38.2 Å². The number of nitrogens with one attached hydrogen (secondary N) is 1. The molecule has 2 unspecified atom stereocenters. The fraction of sp³-hybridized carbons (Fsp3) is 0.429. The van der Waals surface area contributed by atoms with Gasteiger partial charge in [0, 0.05) is 37.5 Å². The molecule has 1 aromatic carbocycles. The number of halogens is 1. The van der Waals surface area contributed by atoms with Gasteiger partial charge in [0.2, 0.25) is 5.88 Å². The zero-order chi connectivity index (χ0) is 19.2. The van der Waals surface area contributed by atoms with Gasteiger partial charge in [-0.2, -0.15) is 0 Å². The minimum atomic E-state index is -0.374. The average molecular weight is 371 g/mol. The van der Waals surface area contributed by atoms with E-state index < -0.39 is 0 Å². The molecule has 0 spiro atoms. The summed E-state index contributed by atoms with van der Waals surface area (Å²) in [5.41, 5.74) is 0.737. The van der Waals surface area contributed by atoms with Gasteiger partial charge in [0.1, 0.15) is 11.6 Å². The van der Waals surface area contributed by atoms with E-state index in [9.17, 15) is 9.18 Å². The first kappa shape index (κ1) is 19.1. The monoisotopic (exact) mass is 371 g/mol. The van der Waals surface area contributed by atoms with Gasteiger partial charge in [-0.1, -0.05) is 31.9 Å². The van der Waals surface area contributed by atoms with Crippen LogP contribution in [0.25, 0.3) is 0 Å². The number of hydrogen-bond donors (Lipinski definition) is 1. The summed E-state index contributed by atoms with van der Waals surface area (Å²) in [6, 6.07) is 9.70. The number of hydrogen-bond acceptors (Lipinski definition) is 3. The maximum Gasteiger partial charge on any atom is 0.317 e. The van der Waals surface area contributed by atoms with Crippen molar-refractivity contribution in [2.45, 2.75) is 45.2 Å². The number of nitrogens with zero attached hydrogens (tertiary/aromatic N) is 2. The van der Waals surface area contributed by atoms with Crippen LogP contribution in [0.2, 0.25) is 0 Å². The second-order valence-electron chi connectivity index (χ2n) is 7.22. The highest BCUT2D eigenvalue weighted by atomic mass is 19.1. The van der Waals surface area contributed by atoms with E-state index in [1.165, 1.54) is 18.6 Å². The van der Waals surface area contributed by atoms with E-state index in [0.717, 1.165) is 24.8 Å². The molecular formula is C21H26FN3O2. The lowest BCUT2D eigenvalue weighted by molar-refractivity contribution is 0.160. The molecule has 2 atom stereocenters. The maximum absolute atomic E-state index is 13.4. The lowest BCUT2D eigenvalue weighted by atomic mass is 9.86. The highest BCUT2D eigenvalue weighted by Gasteiger charge is 2.25. The zero-order valence-electron chi connectivity index (χ0n) is 15.8. The number of ether oxygens (including phenoxy) is 1. The predicted octanol–water partition coefficient (Wildman–Crippen LogP) is 4.73. The molecule has 0 saturated heterocycles. The topological polar surface area (TPSA) is 54.5 Å². The van der Waals surface area contributed by atoms with Crippen molar-refractivity contribution in [2.24, 2.45) is 5.92 Å². The van der Waals surface area contributed by atoms with Crippen molar-refractivity contribution in [2.75, 3.05) is 7.05 Å². The Labute approximate surface area is 159 Å². The Hall–Kier alpha value is -2.63. The molecule has 3 rings (SSSR count). The fourth-order valence-electron chi connectivity index (χ4n) is 3.51. The van der Waals surface area contributed by atoms with Gasteiger partial charge in [-0.05, 0) is 37.0 Å². The molecular weight excluding hydrogens is 345 g/mol. The molecule has 2 aromatic rings. The van der Waals surface area contributed by atoms with Crippen LogP contribution in [0.5, 0.6) is 11.6 Å². The Balaban J connectivity index is 1.61. The summed E-state index contributed by atoms with van der Waals surface area (Å²) in [6.07, 6.45) is 6.11. The number of rotatable bonds is 5. The molecule has 1 heterocycles. The number of urea groups is 1. The smallest absolute Gasteiger partial charge is 0.317 e. The fourth-order valence-corrected chi connectivity index (χ4v) is 3.51. The predicted molar refractivity (Wildman–Crippen MR) is 102 cm³/mol. The number of benzene rings is 1. The minimum absolute atomic E-state index is 0.102. The van der Waals surface area contributed by atoms with Crippen LogP contribution in [0, 0.1) is 11.7 Å². The van der Waals surface area contributed by atoms with Crippen LogP contribution in [-0.2, 0) is 6.54 Å². The summed E-state index contributed by atoms with van der Waals surface area (Å²) in [7, 11) is 1.85. The zero-order valence-corrected chi connectivity index (χ0v) is 15.8. The number of aromatic nitrogens is 1. The molecule has 1 aliphatic carbocycles. The van der Waals surface area contributed by atoms with Gasteiger partial charge in [-0.3, -0.25) is 0 Å². The molecule has 2 amide bonds. The summed E-state index contributed by atoms with van der Waals surface area (Å²) >= 11 is 0. The van der Waals surface area contributed by atoms with Crippen molar-refractivity contribution in [3.05, 3.63) is 54.0 Å². The molecule has 0 bridgehead atoms. The van der Waals surface area contributed by atoms with Gasteiger partial charge >= 0.3 is 6.03 Å². The molecule has 0 radical (unpaired) electrons. The molecule has 1 aliphatic rings. The molecule has 1 fully saturated rings. The van der Waals surface area contributed by atoms with E-state index in [-0.39, 0.29) is 17.9 Å². The summed E-state index contributed by atoms with van der Waals surface area (Å²) in [5.74, 6) is 1.01. The summed E-state index contributed by atoms with van der Waals surface area (Å²) in [4.78, 5) is 18.6. The third-order valence-electron chi connectivity index (χ3n) is 5.07. The van der Waals surface area contributed by atoms with Gasteiger partial charge in [0.05, 0.1) is 0 Å². The Morgan fingerprint density at radius 1 is 1.33 bits per heavy atom. The summed E-state index contributed by atoms with van der Waals surface area (Å²) < 4.78 is 19.1. The van der Waals surface area contributed by atoms with Gasteiger partial charge < -0.3 is 15.0 Å². The molecule has 27 heavy (non-hydrogen) atoms. The first-order valence-corrected chi connectivity index (χ1v) is 9.41. The lowest BCUT2D eigenvalue weighted by Gasteiger charge is -2.34. The molecule has 5 nitrogen and oxygen atoms in total. The lowest BCUT2D eigenvalue weighted by Crippen LogP contribution is -2.45. The van der Waals surface area contributed by atoms with Gasteiger partial charge in [-0.25, -0.2) is 14.2 Å². The third kappa shape index (κ3) is 5.18. The van der Waals surface area contributed by atoms with Crippen molar-refractivity contribution in [1.29, 1.82) is 0 Å². The van der Waals surface area contributed by atoms with Crippen molar-refractivity contribution >= 4 is 6.03 Å². The van der Waals surface area contributed by atoms with Crippen LogP contribution < -0.4 is 10.1 Å². The number of carbonyl (C=O) groups is 1. The molecule has 6 heteroatoms. The Morgan fingerprint density at radius 2 is 2.19 bits per heavy atom. The van der Waals surface area contributed by atoms with E-state index in [4.69, 9.17) is 4.74 Å². The van der Waals surface area contributed by atoms with Crippen LogP contribution in [0.4, 0.5) is 9.18 Å². The standard InChI is InChI=1S/C21H26FN3O2/c1-15-6-3-9-18(12-15)25(2)21(26)24-14-16-7-5-11-23-20(16)27-19-10-4-8-17(22)13-19/h4-5,7-8,10-11,13,15,18H,3,6,9,12,14H2,1-2H3,(H,24,26). The van der Waals surface area contributed by atoms with Crippen molar-refractivity contribution in [1.82, 2.24) is 15.2 Å². The van der Waals surface area contributed by atoms with Crippen LogP contribution in [0.15, 0.2) is 42.6 Å². The SMILES string of the molecule is CC1CCCC(N(C)C(=O)NCc2cccnc2Oc2cccc(F)c2)C1. The van der Waals surface area contributed by atoms with Crippen LogP contribution in [0.3, 0.4) is 0 Å². The number of pyridine rings is 1. The van der Waals surface area contributed by atoms with E-state index in [1.54, 1.807) is 29.3 Å². The normalized spacial score (nSPS) is 19.4. The third-order valence-corrected chi connectivity index (χ3v) is 5.07. The number of amides is 2. The summed E-state index contributed by atoms with van der Waals surface area (Å²) in [6.45, 7) is 2.54. The van der Waals surface area contributed by atoms with E-state index in [1.807, 2.05) is 13.1 Å². The number of carbonyl (C=O) groups excluding carboxylic acids is 1. The van der Waals surface area contributed by atoms with Gasteiger partial charge in [0.25, 0.3) is 0 Å². The highest BCUT2D eigenvalue weighted by Crippen LogP contribution is 2.27. The second kappa shape index (κ2) is 8.84.